The molecular weight excluding hydrogens is 542 g/mol. The molecule has 2 saturated heterocycles. The Kier molecular flexibility index (Phi) is 8.13. The van der Waals surface area contributed by atoms with Crippen molar-refractivity contribution in [1.82, 2.24) is 29.9 Å². The van der Waals surface area contributed by atoms with E-state index in [4.69, 9.17) is 9.72 Å². The van der Waals surface area contributed by atoms with Crippen molar-refractivity contribution in [3.05, 3.63) is 53.0 Å². The number of hydrogen-bond acceptors (Lipinski definition) is 9. The second-order valence-corrected chi connectivity index (χ2v) is 12.1. The number of amides is 1. The van der Waals surface area contributed by atoms with E-state index in [1.54, 1.807) is 12.3 Å². The van der Waals surface area contributed by atoms with Crippen LogP contribution in [0.1, 0.15) is 35.2 Å². The third-order valence-electron chi connectivity index (χ3n) is 9.03. The molecule has 1 aromatic carbocycles. The molecule has 0 radical (unpaired) electrons. The summed E-state index contributed by atoms with van der Waals surface area (Å²) in [5.74, 6) is 0.429. The zero-order valence-electron chi connectivity index (χ0n) is 25.6. The van der Waals surface area contributed by atoms with E-state index in [0.29, 0.717) is 56.8 Å². The minimum absolute atomic E-state index is 0.00903. The number of aryl methyl sites for hydroxylation is 1. The number of pyridine rings is 1. The molecule has 3 aliphatic rings. The lowest BCUT2D eigenvalue weighted by atomic mass is 9.97. The first-order chi connectivity index (χ1) is 20.8. The Morgan fingerprint density at radius 1 is 1.16 bits per heavy atom. The van der Waals surface area contributed by atoms with E-state index in [-0.39, 0.29) is 5.91 Å². The van der Waals surface area contributed by atoms with Crippen molar-refractivity contribution >= 4 is 28.2 Å². The lowest BCUT2D eigenvalue weighted by molar-refractivity contribution is -0.126. The average Bonchev–Trinajstić information content (AvgIpc) is 3.66. The summed E-state index contributed by atoms with van der Waals surface area (Å²) in [6, 6.07) is 6.99. The molecule has 2 aromatic heterocycles. The molecule has 0 saturated carbocycles. The van der Waals surface area contributed by atoms with Gasteiger partial charge in [-0.05, 0) is 51.4 Å². The first-order valence-electron chi connectivity index (χ1n) is 15.2. The molecule has 0 spiro atoms. The highest BCUT2D eigenvalue weighted by Crippen LogP contribution is 2.39. The summed E-state index contributed by atoms with van der Waals surface area (Å²) in [5, 5.41) is 19.0. The Hall–Kier alpha value is -4.30. The lowest BCUT2D eigenvalue weighted by Crippen LogP contribution is -2.49. The number of nitriles is 1. The number of piperazine rings is 1. The number of likely N-dealkylation sites (N-methyl/N-ethyl adjacent to an activating group) is 1. The number of ether oxygens (including phenoxy) is 1. The molecular formula is C32H41N9O2. The van der Waals surface area contributed by atoms with Crippen molar-refractivity contribution in [3.8, 4) is 11.9 Å². The Bertz CT molecular complexity index is 1560. The van der Waals surface area contributed by atoms with Gasteiger partial charge in [-0.25, -0.2) is 4.98 Å². The molecule has 226 valence electrons. The fourth-order valence-electron chi connectivity index (χ4n) is 6.64. The van der Waals surface area contributed by atoms with Crippen LogP contribution < -0.4 is 14.5 Å². The maximum Gasteiger partial charge on any atom is 0.248 e. The Morgan fingerprint density at radius 2 is 1.98 bits per heavy atom. The molecule has 3 aliphatic heterocycles. The normalized spacial score (nSPS) is 19.2. The zero-order chi connectivity index (χ0) is 30.1. The number of fused-ring (bicyclic) bond motifs is 2. The monoisotopic (exact) mass is 583 g/mol. The number of H-pyrrole nitrogens is 1. The number of hydrogen-bond donors (Lipinski definition) is 1. The van der Waals surface area contributed by atoms with Crippen molar-refractivity contribution in [1.29, 1.82) is 5.26 Å². The molecule has 0 aliphatic carbocycles. The van der Waals surface area contributed by atoms with Crippen LogP contribution in [0.15, 0.2) is 30.6 Å². The largest absolute Gasteiger partial charge is 0.475 e. The van der Waals surface area contributed by atoms with Crippen LogP contribution in [0.25, 0.3) is 10.9 Å². The first-order valence-corrected chi connectivity index (χ1v) is 15.2. The van der Waals surface area contributed by atoms with E-state index in [2.05, 4.69) is 57.1 Å². The van der Waals surface area contributed by atoms with Gasteiger partial charge in [-0.1, -0.05) is 6.07 Å². The van der Waals surface area contributed by atoms with Gasteiger partial charge in [-0.3, -0.25) is 9.89 Å². The van der Waals surface area contributed by atoms with Crippen LogP contribution in [-0.2, 0) is 17.8 Å². The summed E-state index contributed by atoms with van der Waals surface area (Å²) < 4.78 is 6.40. The fraction of sp³-hybridized carbons (Fsp3) is 0.500. The number of nitrogens with one attached hydrogen (secondary N) is 1. The molecule has 1 unspecified atom stereocenters. The topological polar surface area (TPSA) is 108 Å². The van der Waals surface area contributed by atoms with Crippen molar-refractivity contribution in [2.75, 3.05) is 76.8 Å². The molecule has 1 atom stereocenters. The quantitative estimate of drug-likeness (QED) is 0.420. The van der Waals surface area contributed by atoms with Crippen molar-refractivity contribution < 1.29 is 9.53 Å². The summed E-state index contributed by atoms with van der Waals surface area (Å²) in [5.41, 5.74) is 6.86. The lowest BCUT2D eigenvalue weighted by Gasteiger charge is -2.39. The predicted molar refractivity (Wildman–Crippen MR) is 167 cm³/mol. The number of rotatable bonds is 7. The van der Waals surface area contributed by atoms with Crippen LogP contribution in [0.4, 0.5) is 11.4 Å². The highest BCUT2D eigenvalue weighted by Gasteiger charge is 2.32. The number of benzene rings is 1. The van der Waals surface area contributed by atoms with Crippen LogP contribution in [0.5, 0.6) is 5.88 Å². The number of aromatic nitrogens is 3. The SMILES string of the molecule is Cc1ccc2[nH]ncc2c1N1CCc2c(nc(OCC3CCCN3C)c(C#N)c2N2CCN(C(=O)C=CN(C)C)CC2)C1. The second kappa shape index (κ2) is 12.1. The van der Waals surface area contributed by atoms with Gasteiger partial charge in [0.25, 0.3) is 0 Å². The first kappa shape index (κ1) is 28.8. The van der Waals surface area contributed by atoms with E-state index in [9.17, 15) is 10.1 Å². The minimum atomic E-state index is 0.00903. The van der Waals surface area contributed by atoms with Crippen LogP contribution in [0, 0.1) is 18.3 Å². The number of aromatic amines is 1. The second-order valence-electron chi connectivity index (χ2n) is 12.1. The van der Waals surface area contributed by atoms with Gasteiger partial charge in [0.1, 0.15) is 18.2 Å². The van der Waals surface area contributed by atoms with Gasteiger partial charge in [0, 0.05) is 76.1 Å². The van der Waals surface area contributed by atoms with Gasteiger partial charge in [-0.2, -0.15) is 10.4 Å². The number of carbonyl (C=O) groups is 1. The fourth-order valence-corrected chi connectivity index (χ4v) is 6.64. The summed E-state index contributed by atoms with van der Waals surface area (Å²) in [6.45, 7) is 7.60. The van der Waals surface area contributed by atoms with Crippen LogP contribution >= 0.6 is 0 Å². The van der Waals surface area contributed by atoms with Crippen molar-refractivity contribution in [2.24, 2.45) is 0 Å². The van der Waals surface area contributed by atoms with Crippen molar-refractivity contribution in [3.63, 3.8) is 0 Å². The average molecular weight is 584 g/mol. The third-order valence-corrected chi connectivity index (χ3v) is 9.03. The van der Waals surface area contributed by atoms with Gasteiger partial charge in [-0.15, -0.1) is 0 Å². The Balaban J connectivity index is 1.33. The van der Waals surface area contributed by atoms with E-state index in [1.807, 2.05) is 30.1 Å². The van der Waals surface area contributed by atoms with E-state index < -0.39 is 0 Å². The molecule has 1 N–H and O–H groups in total. The number of carbonyl (C=O) groups excluding carboxylic acids is 1. The van der Waals surface area contributed by atoms with Gasteiger partial charge < -0.3 is 29.2 Å². The highest BCUT2D eigenvalue weighted by molar-refractivity contribution is 5.93. The summed E-state index contributed by atoms with van der Waals surface area (Å²) in [4.78, 5) is 28.5. The molecule has 2 fully saturated rings. The van der Waals surface area contributed by atoms with E-state index in [0.717, 1.165) is 65.9 Å². The maximum absolute atomic E-state index is 12.8. The summed E-state index contributed by atoms with van der Waals surface area (Å²) >= 11 is 0. The standard InChI is InChI=1S/C32H41N9O2/c1-22-7-8-27-26(19-34-36-27)30(22)41-13-9-24-28(20-41)35-32(43-21-23-6-5-11-38(23)4)25(18-33)31(24)40-16-14-39(15-17-40)29(42)10-12-37(2)3/h7-8,10,12,19,23H,5-6,9,11,13-17,20-21H2,1-4H3,(H,34,36). The molecule has 5 heterocycles. The molecule has 43 heavy (non-hydrogen) atoms. The van der Waals surface area contributed by atoms with Gasteiger partial charge in [0.05, 0.1) is 35.3 Å². The Labute approximate surface area is 253 Å². The highest BCUT2D eigenvalue weighted by atomic mass is 16.5. The van der Waals surface area contributed by atoms with E-state index in [1.165, 1.54) is 5.56 Å². The molecule has 6 rings (SSSR count). The smallest absolute Gasteiger partial charge is 0.248 e. The van der Waals surface area contributed by atoms with Crippen molar-refractivity contribution in [2.45, 2.75) is 38.8 Å². The number of nitrogens with zero attached hydrogens (tertiary/aromatic N) is 8. The minimum Gasteiger partial charge on any atom is -0.475 e. The number of likely N-dealkylation sites (tertiary alicyclic amines) is 1. The third kappa shape index (κ3) is 5.71. The molecule has 11 heteroatoms. The molecule has 1 amide bonds. The van der Waals surface area contributed by atoms with Gasteiger partial charge in [0.15, 0.2) is 0 Å². The molecule has 0 bridgehead atoms. The molecule has 11 nitrogen and oxygen atoms in total. The molecule has 3 aromatic rings. The van der Waals surface area contributed by atoms with Crippen LogP contribution in [0.3, 0.4) is 0 Å². The summed E-state index contributed by atoms with van der Waals surface area (Å²) in [6.07, 6.45) is 8.29. The Morgan fingerprint density at radius 3 is 2.70 bits per heavy atom. The maximum atomic E-state index is 12.8. The zero-order valence-corrected chi connectivity index (χ0v) is 25.6. The summed E-state index contributed by atoms with van der Waals surface area (Å²) in [7, 11) is 5.93. The van der Waals surface area contributed by atoms with Crippen LogP contribution in [0.2, 0.25) is 0 Å². The van der Waals surface area contributed by atoms with E-state index >= 15 is 0 Å². The van der Waals surface area contributed by atoms with Crippen LogP contribution in [-0.4, -0.2) is 109 Å². The number of anilines is 2. The van der Waals surface area contributed by atoms with Gasteiger partial charge >= 0.3 is 0 Å². The predicted octanol–water partition coefficient (Wildman–Crippen LogP) is 2.90. The van der Waals surface area contributed by atoms with Gasteiger partial charge in [0.2, 0.25) is 11.8 Å².